The van der Waals surface area contributed by atoms with E-state index < -0.39 is 32.7 Å². The van der Waals surface area contributed by atoms with Gasteiger partial charge in [-0.1, -0.05) is 36.4 Å². The molecule has 1 N–H and O–H groups in total. The molecule has 1 aliphatic heterocycles. The second-order valence-corrected chi connectivity index (χ2v) is 11.7. The van der Waals surface area contributed by atoms with Crippen LogP contribution in [0.3, 0.4) is 0 Å². The number of nitrogens with one attached hydrogen (secondary N) is 1. The van der Waals surface area contributed by atoms with Crippen LogP contribution < -0.4 is 10.1 Å². The van der Waals surface area contributed by atoms with E-state index in [-0.39, 0.29) is 13.0 Å². The lowest BCUT2D eigenvalue weighted by Gasteiger charge is -2.34. The van der Waals surface area contributed by atoms with E-state index in [1.165, 1.54) is 29.5 Å². The van der Waals surface area contributed by atoms with Gasteiger partial charge in [0, 0.05) is 17.0 Å². The van der Waals surface area contributed by atoms with Gasteiger partial charge in [0.1, 0.15) is 22.5 Å². The summed E-state index contributed by atoms with van der Waals surface area (Å²) in [6.07, 6.45) is 0.158. The molecule has 0 bridgehead atoms. The van der Waals surface area contributed by atoms with Gasteiger partial charge in [-0.3, -0.25) is 4.79 Å². The van der Waals surface area contributed by atoms with Crippen LogP contribution in [0, 0.1) is 12.7 Å². The monoisotopic (exact) mass is 537 g/mol. The van der Waals surface area contributed by atoms with Crippen molar-refractivity contribution in [3.63, 3.8) is 0 Å². The zero-order valence-electron chi connectivity index (χ0n) is 20.1. The Kier molecular flexibility index (Phi) is 6.80. The molecule has 4 aromatic rings. The standard InChI is InChI=1S/C27H24FN3O4S2/c1-17-25(18-11-13-21(35-2)14-12-18)29-27(36-17)30-26(32)23-15-19-7-3-4-8-20(19)16-31(23)37(33,34)24-10-6-5-9-22(24)28/h3-14,23H,15-16H2,1-2H3,(H,29,30,32)/t23-/m1/s1. The first-order valence-corrected chi connectivity index (χ1v) is 13.8. The van der Waals surface area contributed by atoms with Crippen molar-refractivity contribution < 1.29 is 22.3 Å². The average Bonchev–Trinajstić information content (AvgIpc) is 3.27. The summed E-state index contributed by atoms with van der Waals surface area (Å²) in [5.74, 6) is -0.663. The quantitative estimate of drug-likeness (QED) is 0.373. The maximum Gasteiger partial charge on any atom is 0.247 e. The molecule has 0 fully saturated rings. The maximum absolute atomic E-state index is 14.5. The number of carbonyl (C=O) groups is 1. The van der Waals surface area contributed by atoms with E-state index in [1.54, 1.807) is 7.11 Å². The molecule has 5 rings (SSSR count). The number of carbonyl (C=O) groups excluding carboxylic acids is 1. The minimum absolute atomic E-state index is 0.0427. The number of rotatable bonds is 6. The number of methoxy groups -OCH3 is 1. The molecule has 190 valence electrons. The summed E-state index contributed by atoms with van der Waals surface area (Å²) in [7, 11) is -2.71. The summed E-state index contributed by atoms with van der Waals surface area (Å²) in [6, 6.07) is 18.9. The molecular formula is C27H24FN3O4S2. The first-order chi connectivity index (χ1) is 17.8. The molecule has 2 heterocycles. The Morgan fingerprint density at radius 3 is 2.43 bits per heavy atom. The average molecular weight is 538 g/mol. The Morgan fingerprint density at radius 2 is 1.73 bits per heavy atom. The highest BCUT2D eigenvalue weighted by atomic mass is 32.2. The highest BCUT2D eigenvalue weighted by Gasteiger charge is 2.40. The summed E-state index contributed by atoms with van der Waals surface area (Å²) in [4.78, 5) is 18.6. The molecule has 0 aliphatic carbocycles. The molecule has 0 unspecified atom stereocenters. The predicted octanol–water partition coefficient (Wildman–Crippen LogP) is 5.02. The Morgan fingerprint density at radius 1 is 1.05 bits per heavy atom. The predicted molar refractivity (Wildman–Crippen MR) is 141 cm³/mol. The van der Waals surface area contributed by atoms with E-state index in [1.807, 2.05) is 55.5 Å². The molecule has 10 heteroatoms. The number of nitrogens with zero attached hydrogens (tertiary/aromatic N) is 2. The van der Waals surface area contributed by atoms with Crippen LogP contribution in [0.4, 0.5) is 9.52 Å². The number of anilines is 1. The topological polar surface area (TPSA) is 88.6 Å². The largest absolute Gasteiger partial charge is 0.497 e. The number of benzene rings is 3. The summed E-state index contributed by atoms with van der Waals surface area (Å²) >= 11 is 1.30. The van der Waals surface area contributed by atoms with Gasteiger partial charge in [0.05, 0.1) is 12.8 Å². The van der Waals surface area contributed by atoms with Crippen molar-refractivity contribution in [2.75, 3.05) is 12.4 Å². The number of halogens is 1. The van der Waals surface area contributed by atoms with Crippen LogP contribution in [-0.2, 0) is 27.8 Å². The second-order valence-electron chi connectivity index (χ2n) is 8.61. The number of fused-ring (bicyclic) bond motifs is 1. The first kappa shape index (κ1) is 25.1. The van der Waals surface area contributed by atoms with E-state index in [4.69, 9.17) is 4.74 Å². The lowest BCUT2D eigenvalue weighted by atomic mass is 9.95. The van der Waals surface area contributed by atoms with Crippen molar-refractivity contribution in [1.29, 1.82) is 0 Å². The van der Waals surface area contributed by atoms with Gasteiger partial charge in [-0.05, 0) is 60.9 Å². The van der Waals surface area contributed by atoms with Crippen LogP contribution in [0.2, 0.25) is 0 Å². The summed E-state index contributed by atoms with van der Waals surface area (Å²) in [5, 5.41) is 3.16. The maximum atomic E-state index is 14.5. The molecule has 1 aromatic heterocycles. The molecule has 37 heavy (non-hydrogen) atoms. The van der Waals surface area contributed by atoms with Crippen LogP contribution in [0.25, 0.3) is 11.3 Å². The lowest BCUT2D eigenvalue weighted by Crippen LogP contribution is -2.50. The normalized spacial score (nSPS) is 15.7. The third kappa shape index (κ3) is 4.87. The molecule has 7 nitrogen and oxygen atoms in total. The molecule has 0 saturated heterocycles. The number of sulfonamides is 1. The van der Waals surface area contributed by atoms with Gasteiger partial charge in [0.15, 0.2) is 5.13 Å². The van der Waals surface area contributed by atoms with Crippen LogP contribution >= 0.6 is 11.3 Å². The summed E-state index contributed by atoms with van der Waals surface area (Å²) in [6.45, 7) is 1.86. The van der Waals surface area contributed by atoms with Crippen LogP contribution in [0.5, 0.6) is 5.75 Å². The molecule has 1 aliphatic rings. The van der Waals surface area contributed by atoms with Crippen molar-refractivity contribution in [2.45, 2.75) is 30.8 Å². The number of amides is 1. The smallest absolute Gasteiger partial charge is 0.247 e. The minimum atomic E-state index is -4.31. The van der Waals surface area contributed by atoms with Crippen molar-refractivity contribution in [2.24, 2.45) is 0 Å². The fourth-order valence-corrected chi connectivity index (χ4v) is 6.88. The van der Waals surface area contributed by atoms with Gasteiger partial charge in [0.2, 0.25) is 15.9 Å². The fraction of sp³-hybridized carbons (Fsp3) is 0.185. The summed E-state index contributed by atoms with van der Waals surface area (Å²) in [5.41, 5.74) is 3.23. The number of ether oxygens (including phenoxy) is 1. The van der Waals surface area contributed by atoms with Gasteiger partial charge in [-0.2, -0.15) is 4.31 Å². The van der Waals surface area contributed by atoms with Gasteiger partial charge >= 0.3 is 0 Å². The Labute approximate surface area is 218 Å². The number of thiazole rings is 1. The van der Waals surface area contributed by atoms with Gasteiger partial charge < -0.3 is 10.1 Å². The lowest BCUT2D eigenvalue weighted by molar-refractivity contribution is -0.120. The zero-order valence-corrected chi connectivity index (χ0v) is 21.8. The van der Waals surface area contributed by atoms with Crippen LogP contribution in [-0.4, -0.2) is 36.8 Å². The highest BCUT2D eigenvalue weighted by Crippen LogP contribution is 2.34. The Hall–Kier alpha value is -3.60. The van der Waals surface area contributed by atoms with Gasteiger partial charge in [-0.25, -0.2) is 17.8 Å². The molecule has 0 spiro atoms. The fourth-order valence-electron chi connectivity index (χ4n) is 4.41. The number of hydrogen-bond acceptors (Lipinski definition) is 6. The molecule has 1 amide bonds. The molecule has 0 saturated carbocycles. The van der Waals surface area contributed by atoms with Crippen molar-refractivity contribution >= 4 is 32.4 Å². The Bertz CT molecular complexity index is 1570. The number of aromatic nitrogens is 1. The SMILES string of the molecule is COc1ccc(-c2nc(NC(=O)[C@H]3Cc4ccccc4CN3S(=O)(=O)c3ccccc3F)sc2C)cc1. The second kappa shape index (κ2) is 10.0. The third-order valence-corrected chi connectivity index (χ3v) is 9.10. The van der Waals surface area contributed by atoms with Gasteiger partial charge in [0.25, 0.3) is 0 Å². The summed E-state index contributed by atoms with van der Waals surface area (Å²) < 4.78 is 48.0. The third-order valence-electron chi connectivity index (χ3n) is 6.32. The number of aryl methyl sites for hydroxylation is 1. The van der Waals surface area contributed by atoms with Crippen LogP contribution in [0.15, 0.2) is 77.7 Å². The molecular weight excluding hydrogens is 513 g/mol. The van der Waals surface area contributed by atoms with E-state index in [2.05, 4.69) is 10.3 Å². The minimum Gasteiger partial charge on any atom is -0.497 e. The number of hydrogen-bond donors (Lipinski definition) is 1. The van der Waals surface area contributed by atoms with E-state index in [0.29, 0.717) is 10.8 Å². The van der Waals surface area contributed by atoms with Crippen molar-refractivity contribution in [1.82, 2.24) is 9.29 Å². The molecule has 0 radical (unpaired) electrons. The van der Waals surface area contributed by atoms with Crippen molar-refractivity contribution in [3.05, 3.63) is 94.6 Å². The van der Waals surface area contributed by atoms with E-state index >= 15 is 0 Å². The zero-order chi connectivity index (χ0) is 26.2. The highest BCUT2D eigenvalue weighted by molar-refractivity contribution is 7.89. The molecule has 3 aromatic carbocycles. The van der Waals surface area contributed by atoms with E-state index in [0.717, 1.165) is 37.7 Å². The molecule has 1 atom stereocenters. The van der Waals surface area contributed by atoms with Crippen molar-refractivity contribution in [3.8, 4) is 17.0 Å². The van der Waals surface area contributed by atoms with Gasteiger partial charge in [-0.15, -0.1) is 11.3 Å². The van der Waals surface area contributed by atoms with Crippen LogP contribution in [0.1, 0.15) is 16.0 Å². The van der Waals surface area contributed by atoms with E-state index in [9.17, 15) is 17.6 Å². The Balaban J connectivity index is 1.46. The first-order valence-electron chi connectivity index (χ1n) is 11.5.